The lowest BCUT2D eigenvalue weighted by Gasteiger charge is -2.22. The third-order valence-electron chi connectivity index (χ3n) is 6.11. The fourth-order valence-corrected chi connectivity index (χ4v) is 4.47. The Morgan fingerprint density at radius 2 is 1.97 bits per heavy atom. The summed E-state index contributed by atoms with van der Waals surface area (Å²) in [6, 6.07) is 4.03. The molecular formula is C22H23F2N3O4. The number of benzene rings is 1. The fourth-order valence-electron chi connectivity index (χ4n) is 4.47. The minimum Gasteiger partial charge on any atom is -0.387 e. The second-order valence-electron chi connectivity index (χ2n) is 8.05. The molecule has 1 saturated heterocycles. The molecule has 2 aliphatic rings. The highest BCUT2D eigenvalue weighted by Gasteiger charge is 2.50. The van der Waals surface area contributed by atoms with Crippen LogP contribution < -0.4 is 0 Å². The Balaban J connectivity index is 1.46. The van der Waals surface area contributed by atoms with Gasteiger partial charge in [0.05, 0.1) is 12.3 Å². The van der Waals surface area contributed by atoms with Crippen molar-refractivity contribution in [2.45, 2.75) is 63.4 Å². The van der Waals surface area contributed by atoms with Gasteiger partial charge < -0.3 is 24.3 Å². The fraction of sp³-hybridized carbons (Fsp3) is 0.455. The number of aliphatic hydroxyl groups excluding tert-OH is 2. The number of aliphatic hydroxyl groups is 2. The zero-order valence-electron chi connectivity index (χ0n) is 16.9. The third-order valence-corrected chi connectivity index (χ3v) is 6.11. The number of rotatable bonds is 5. The normalized spacial score (nSPS) is 27.8. The molecule has 4 heterocycles. The summed E-state index contributed by atoms with van der Waals surface area (Å²) in [5, 5.41) is 22.3. The quantitative estimate of drug-likeness (QED) is 0.646. The Kier molecular flexibility index (Phi) is 5.21. The lowest BCUT2D eigenvalue weighted by atomic mass is 9.97. The second kappa shape index (κ2) is 7.90. The summed E-state index contributed by atoms with van der Waals surface area (Å²) in [6.07, 6.45) is 0.844. The molecule has 0 saturated carbocycles. The van der Waals surface area contributed by atoms with Gasteiger partial charge in [0.1, 0.15) is 36.4 Å². The summed E-state index contributed by atoms with van der Waals surface area (Å²) in [5.41, 5.74) is 2.43. The zero-order chi connectivity index (χ0) is 21.7. The van der Waals surface area contributed by atoms with E-state index < -0.39 is 42.3 Å². The van der Waals surface area contributed by atoms with Crippen LogP contribution in [0.25, 0.3) is 11.0 Å². The molecule has 0 unspecified atom stereocenters. The van der Waals surface area contributed by atoms with Gasteiger partial charge in [0, 0.05) is 11.6 Å². The molecular weight excluding hydrogens is 408 g/mol. The average molecular weight is 431 g/mol. The summed E-state index contributed by atoms with van der Waals surface area (Å²) in [6.45, 7) is 2.18. The van der Waals surface area contributed by atoms with E-state index in [9.17, 15) is 19.0 Å². The summed E-state index contributed by atoms with van der Waals surface area (Å²) < 4.78 is 40.8. The van der Waals surface area contributed by atoms with Crippen molar-refractivity contribution in [1.82, 2.24) is 14.5 Å². The summed E-state index contributed by atoms with van der Waals surface area (Å²) in [4.78, 5) is 8.72. The van der Waals surface area contributed by atoms with Crippen molar-refractivity contribution < 1.29 is 28.5 Å². The minimum atomic E-state index is -1.28. The van der Waals surface area contributed by atoms with Gasteiger partial charge in [-0.25, -0.2) is 18.7 Å². The van der Waals surface area contributed by atoms with E-state index in [0.29, 0.717) is 16.8 Å². The van der Waals surface area contributed by atoms with Crippen LogP contribution in [-0.4, -0.2) is 43.1 Å². The van der Waals surface area contributed by atoms with Gasteiger partial charge >= 0.3 is 0 Å². The number of halogens is 2. The number of hydrogen-bond donors (Lipinski definition) is 2. The SMILES string of the molecule is CCCCc1ncnc2c1ccn2[C@@H]1O[C@H]([C@@H]2OCc3cc(F)c(F)cc32)[C@@H](O)[C@H]1O. The molecule has 0 spiro atoms. The van der Waals surface area contributed by atoms with Gasteiger partial charge in [0.15, 0.2) is 17.9 Å². The molecule has 3 aromatic rings. The standard InChI is InChI=1S/C22H23F2N3O4/c1-2-3-4-16-12-5-6-27(21(12)26-10-25-16)22-18(29)17(28)20(31-22)19-13-8-15(24)14(23)7-11(13)9-30-19/h5-8,10,17-20,22,28-29H,2-4,9H2,1H3/t17-,18+,19+,20-,22+/m0/s1. The third kappa shape index (κ3) is 3.32. The lowest BCUT2D eigenvalue weighted by Crippen LogP contribution is -2.34. The Hall–Kier alpha value is -2.46. The van der Waals surface area contributed by atoms with E-state index in [-0.39, 0.29) is 6.61 Å². The van der Waals surface area contributed by atoms with E-state index in [0.717, 1.165) is 42.5 Å². The molecule has 0 radical (unpaired) electrons. The second-order valence-corrected chi connectivity index (χ2v) is 8.05. The molecule has 2 aliphatic heterocycles. The first-order valence-corrected chi connectivity index (χ1v) is 10.4. The topological polar surface area (TPSA) is 89.6 Å². The van der Waals surface area contributed by atoms with Gasteiger partial charge in [-0.05, 0) is 42.2 Å². The minimum absolute atomic E-state index is 0.0744. The van der Waals surface area contributed by atoms with Crippen molar-refractivity contribution in [2.75, 3.05) is 0 Å². The van der Waals surface area contributed by atoms with Gasteiger partial charge in [-0.15, -0.1) is 0 Å². The van der Waals surface area contributed by atoms with E-state index in [1.165, 1.54) is 6.33 Å². The number of ether oxygens (including phenoxy) is 2. The molecule has 7 nitrogen and oxygen atoms in total. The Labute approximate surface area is 177 Å². The predicted octanol–water partition coefficient (Wildman–Crippen LogP) is 2.94. The number of nitrogens with zero attached hydrogens (tertiary/aromatic N) is 3. The van der Waals surface area contributed by atoms with E-state index in [1.807, 2.05) is 6.07 Å². The molecule has 164 valence electrons. The maximum absolute atomic E-state index is 13.8. The molecule has 1 aromatic carbocycles. The van der Waals surface area contributed by atoms with Crippen LogP contribution in [0.15, 0.2) is 30.7 Å². The highest BCUT2D eigenvalue weighted by Crippen LogP contribution is 2.43. The van der Waals surface area contributed by atoms with Crippen LogP contribution in [-0.2, 0) is 22.5 Å². The molecule has 2 N–H and O–H groups in total. The number of aryl methyl sites for hydroxylation is 1. The van der Waals surface area contributed by atoms with Crippen molar-refractivity contribution in [2.24, 2.45) is 0 Å². The molecule has 0 amide bonds. The Bertz CT molecular complexity index is 1120. The van der Waals surface area contributed by atoms with Gasteiger partial charge in [0.2, 0.25) is 0 Å². The molecule has 5 atom stereocenters. The number of hydrogen-bond acceptors (Lipinski definition) is 6. The van der Waals surface area contributed by atoms with Crippen LogP contribution in [0.4, 0.5) is 8.78 Å². The van der Waals surface area contributed by atoms with Crippen molar-refractivity contribution in [3.8, 4) is 0 Å². The average Bonchev–Trinajstić information content (AvgIpc) is 3.44. The van der Waals surface area contributed by atoms with E-state index in [2.05, 4.69) is 16.9 Å². The van der Waals surface area contributed by atoms with Crippen LogP contribution in [0.5, 0.6) is 0 Å². The monoisotopic (exact) mass is 431 g/mol. The molecule has 31 heavy (non-hydrogen) atoms. The largest absolute Gasteiger partial charge is 0.387 e. The van der Waals surface area contributed by atoms with Crippen LogP contribution in [0.3, 0.4) is 0 Å². The van der Waals surface area contributed by atoms with E-state index in [1.54, 1.807) is 10.8 Å². The number of unbranched alkanes of at least 4 members (excludes halogenated alkanes) is 1. The lowest BCUT2D eigenvalue weighted by molar-refractivity contribution is -0.104. The van der Waals surface area contributed by atoms with Crippen molar-refractivity contribution >= 4 is 11.0 Å². The molecule has 0 aliphatic carbocycles. The van der Waals surface area contributed by atoms with Gasteiger partial charge in [-0.2, -0.15) is 0 Å². The first-order valence-electron chi connectivity index (χ1n) is 10.4. The van der Waals surface area contributed by atoms with Crippen molar-refractivity contribution in [3.05, 3.63) is 59.2 Å². The first-order chi connectivity index (χ1) is 15.0. The van der Waals surface area contributed by atoms with Gasteiger partial charge in [-0.3, -0.25) is 0 Å². The van der Waals surface area contributed by atoms with E-state index >= 15 is 0 Å². The van der Waals surface area contributed by atoms with E-state index in [4.69, 9.17) is 9.47 Å². The van der Waals surface area contributed by atoms with Crippen molar-refractivity contribution in [3.63, 3.8) is 0 Å². The Morgan fingerprint density at radius 3 is 2.77 bits per heavy atom. The van der Waals surface area contributed by atoms with Crippen LogP contribution >= 0.6 is 0 Å². The summed E-state index contributed by atoms with van der Waals surface area (Å²) >= 11 is 0. The Morgan fingerprint density at radius 1 is 1.16 bits per heavy atom. The first kappa shape index (κ1) is 20.4. The molecule has 0 bridgehead atoms. The summed E-state index contributed by atoms with van der Waals surface area (Å²) in [5.74, 6) is -1.95. The van der Waals surface area contributed by atoms with Crippen LogP contribution in [0.1, 0.15) is 48.9 Å². The summed E-state index contributed by atoms with van der Waals surface area (Å²) in [7, 11) is 0. The molecule has 2 aromatic heterocycles. The van der Waals surface area contributed by atoms with Crippen LogP contribution in [0, 0.1) is 11.6 Å². The van der Waals surface area contributed by atoms with Gasteiger partial charge in [0.25, 0.3) is 0 Å². The zero-order valence-corrected chi connectivity index (χ0v) is 16.9. The highest BCUT2D eigenvalue weighted by molar-refractivity contribution is 5.78. The molecule has 1 fully saturated rings. The molecule has 9 heteroatoms. The predicted molar refractivity (Wildman–Crippen MR) is 106 cm³/mol. The van der Waals surface area contributed by atoms with Gasteiger partial charge in [-0.1, -0.05) is 13.3 Å². The smallest absolute Gasteiger partial charge is 0.164 e. The highest BCUT2D eigenvalue weighted by atomic mass is 19.2. The number of fused-ring (bicyclic) bond motifs is 2. The maximum Gasteiger partial charge on any atom is 0.164 e. The van der Waals surface area contributed by atoms with Crippen molar-refractivity contribution in [1.29, 1.82) is 0 Å². The maximum atomic E-state index is 13.8. The molecule has 5 rings (SSSR count). The number of aromatic nitrogens is 3. The van der Waals surface area contributed by atoms with Crippen LogP contribution in [0.2, 0.25) is 0 Å².